The van der Waals surface area contributed by atoms with Crippen LogP contribution in [0.1, 0.15) is 100 Å². The van der Waals surface area contributed by atoms with Crippen molar-refractivity contribution in [2.24, 2.45) is 5.92 Å². The van der Waals surface area contributed by atoms with E-state index in [-0.39, 0.29) is 36.3 Å². The van der Waals surface area contributed by atoms with Crippen molar-refractivity contribution in [3.63, 3.8) is 0 Å². The van der Waals surface area contributed by atoms with Gasteiger partial charge in [-0.2, -0.15) is 5.10 Å². The number of amides is 1. The minimum Gasteiger partial charge on any atom is -0.466 e. The number of carbonyl (C=O) groups excluding carboxylic acids is 2. The van der Waals surface area contributed by atoms with Gasteiger partial charge in [-0.15, -0.1) is 0 Å². The van der Waals surface area contributed by atoms with E-state index in [2.05, 4.69) is 85.4 Å². The van der Waals surface area contributed by atoms with Gasteiger partial charge in [0.15, 0.2) is 0 Å². The van der Waals surface area contributed by atoms with Crippen LogP contribution in [0.5, 0.6) is 0 Å². The lowest BCUT2D eigenvalue weighted by atomic mass is 9.83. The highest BCUT2D eigenvalue weighted by molar-refractivity contribution is 5.94. The van der Waals surface area contributed by atoms with Gasteiger partial charge >= 0.3 is 5.97 Å². The number of hydrogen-bond donors (Lipinski definition) is 1. The minimum atomic E-state index is -0.305. The Bertz CT molecular complexity index is 1520. The summed E-state index contributed by atoms with van der Waals surface area (Å²) in [7, 11) is 0. The van der Waals surface area contributed by atoms with E-state index in [1.165, 1.54) is 48.8 Å². The Morgan fingerprint density at radius 2 is 1.65 bits per heavy atom. The average Bonchev–Trinajstić information content (AvgIpc) is 3.43. The van der Waals surface area contributed by atoms with E-state index < -0.39 is 0 Å². The molecule has 1 atom stereocenters. The first-order valence-corrected chi connectivity index (χ1v) is 15.8. The van der Waals surface area contributed by atoms with Crippen molar-refractivity contribution in [1.29, 1.82) is 0 Å². The first kappa shape index (κ1) is 30.5. The van der Waals surface area contributed by atoms with Gasteiger partial charge in [-0.05, 0) is 71.2 Å². The summed E-state index contributed by atoms with van der Waals surface area (Å²) in [6, 6.07) is 23.5. The van der Waals surface area contributed by atoms with E-state index in [0.717, 1.165) is 22.9 Å². The number of carbonyl (C=O) groups is 2. The Hall–Kier alpha value is -3.93. The van der Waals surface area contributed by atoms with Crippen LogP contribution in [0.4, 0.5) is 0 Å². The molecular formula is C37H45N3O3. The van der Waals surface area contributed by atoms with Crippen LogP contribution in [0.3, 0.4) is 0 Å². The summed E-state index contributed by atoms with van der Waals surface area (Å²) >= 11 is 0. The molecule has 1 heterocycles. The molecule has 226 valence electrons. The van der Waals surface area contributed by atoms with Crippen LogP contribution in [-0.2, 0) is 14.9 Å². The fraction of sp³-hybridized carbons (Fsp3) is 0.432. The van der Waals surface area contributed by atoms with Crippen molar-refractivity contribution < 1.29 is 14.3 Å². The molecule has 5 rings (SSSR count). The third-order valence-electron chi connectivity index (χ3n) is 8.73. The van der Waals surface area contributed by atoms with Crippen LogP contribution in [0.15, 0.2) is 72.9 Å². The Kier molecular flexibility index (Phi) is 9.64. The van der Waals surface area contributed by atoms with Gasteiger partial charge in [0, 0.05) is 17.5 Å². The minimum absolute atomic E-state index is 0.0819. The Labute approximate surface area is 255 Å². The summed E-state index contributed by atoms with van der Waals surface area (Å²) in [4.78, 5) is 24.3. The molecule has 0 radical (unpaired) electrons. The third kappa shape index (κ3) is 7.54. The number of nitrogens with zero attached hydrogens (tertiary/aromatic N) is 2. The molecule has 4 aromatic rings. The van der Waals surface area contributed by atoms with E-state index in [4.69, 9.17) is 9.84 Å². The van der Waals surface area contributed by atoms with Crippen LogP contribution in [0, 0.1) is 5.92 Å². The fourth-order valence-electron chi connectivity index (χ4n) is 6.23. The van der Waals surface area contributed by atoms with Crippen molar-refractivity contribution in [2.45, 2.75) is 84.1 Å². The zero-order valence-electron chi connectivity index (χ0n) is 26.1. The molecule has 0 spiro atoms. The molecule has 1 unspecified atom stereocenters. The molecule has 1 saturated carbocycles. The summed E-state index contributed by atoms with van der Waals surface area (Å²) < 4.78 is 7.13. The summed E-state index contributed by atoms with van der Waals surface area (Å²) in [6.07, 6.45) is 9.60. The smallest absolute Gasteiger partial charge is 0.307 e. The quantitative estimate of drug-likeness (QED) is 0.192. The molecular weight excluding hydrogens is 534 g/mol. The second-order valence-electron chi connectivity index (χ2n) is 12.9. The van der Waals surface area contributed by atoms with Crippen molar-refractivity contribution >= 4 is 22.8 Å². The van der Waals surface area contributed by atoms with E-state index >= 15 is 0 Å². The van der Waals surface area contributed by atoms with Crippen LogP contribution in [-0.4, -0.2) is 34.8 Å². The second-order valence-corrected chi connectivity index (χ2v) is 12.9. The zero-order chi connectivity index (χ0) is 30.4. The van der Waals surface area contributed by atoms with Crippen molar-refractivity contribution in [3.8, 4) is 11.1 Å². The second kappa shape index (κ2) is 13.6. The third-order valence-corrected chi connectivity index (χ3v) is 8.73. The monoisotopic (exact) mass is 579 g/mol. The van der Waals surface area contributed by atoms with Crippen LogP contribution in [0.25, 0.3) is 22.0 Å². The van der Waals surface area contributed by atoms with Crippen LogP contribution < -0.4 is 5.32 Å². The van der Waals surface area contributed by atoms with E-state index in [1.807, 2.05) is 18.3 Å². The van der Waals surface area contributed by atoms with Gasteiger partial charge < -0.3 is 10.1 Å². The predicted octanol–water partition coefficient (Wildman–Crippen LogP) is 8.24. The number of rotatable bonds is 10. The Morgan fingerprint density at radius 1 is 0.953 bits per heavy atom. The van der Waals surface area contributed by atoms with Gasteiger partial charge in [0.05, 0.1) is 30.8 Å². The number of fused-ring (bicyclic) bond motifs is 1. The van der Waals surface area contributed by atoms with Crippen molar-refractivity contribution in [3.05, 3.63) is 89.6 Å². The molecule has 0 aliphatic heterocycles. The standard InChI is InChI=1S/C37H45N3O3/c1-5-43-35(41)21-22-38-36(42)29-13-11-28(12-14-29)34(23-26-9-7-6-8-10-26)40-33-20-17-30(24-31(33)25-39-40)27-15-18-32(19-16-27)37(2,3)4/h11-20,24-26,34H,5-10,21-23H2,1-4H3,(H,38,42). The largest absolute Gasteiger partial charge is 0.466 e. The van der Waals surface area contributed by atoms with Gasteiger partial charge in [0.25, 0.3) is 5.91 Å². The SMILES string of the molecule is CCOC(=O)CCNC(=O)c1ccc(C(CC2CCCCC2)n2ncc3cc(-c4ccc(C(C)(C)C)cc4)ccc32)cc1. The molecule has 1 aliphatic carbocycles. The first-order valence-electron chi connectivity index (χ1n) is 15.8. The highest BCUT2D eigenvalue weighted by Crippen LogP contribution is 2.36. The number of aromatic nitrogens is 2. The van der Waals surface area contributed by atoms with Gasteiger partial charge in [-0.25, -0.2) is 0 Å². The normalized spacial score (nSPS) is 14.9. The number of ether oxygens (including phenoxy) is 1. The topological polar surface area (TPSA) is 73.2 Å². The average molecular weight is 580 g/mol. The van der Waals surface area contributed by atoms with E-state index in [9.17, 15) is 9.59 Å². The van der Waals surface area contributed by atoms with E-state index in [0.29, 0.717) is 18.1 Å². The molecule has 1 aliphatic rings. The lowest BCUT2D eigenvalue weighted by Crippen LogP contribution is -2.26. The first-order chi connectivity index (χ1) is 20.7. The summed E-state index contributed by atoms with van der Waals surface area (Å²) in [5, 5.41) is 8.90. The maximum Gasteiger partial charge on any atom is 0.307 e. The molecule has 1 N–H and O–H groups in total. The Balaban J connectivity index is 1.38. The molecule has 3 aromatic carbocycles. The predicted molar refractivity (Wildman–Crippen MR) is 173 cm³/mol. The van der Waals surface area contributed by atoms with Gasteiger partial charge in [0.1, 0.15) is 0 Å². The number of esters is 1. The van der Waals surface area contributed by atoms with Crippen LogP contribution >= 0.6 is 0 Å². The highest BCUT2D eigenvalue weighted by atomic mass is 16.5. The molecule has 1 fully saturated rings. The lowest BCUT2D eigenvalue weighted by Gasteiger charge is -2.28. The van der Waals surface area contributed by atoms with Gasteiger partial charge in [0.2, 0.25) is 0 Å². The number of hydrogen-bond acceptors (Lipinski definition) is 4. The zero-order valence-corrected chi connectivity index (χ0v) is 26.1. The summed E-state index contributed by atoms with van der Waals surface area (Å²) in [5.74, 6) is 0.164. The molecule has 0 saturated heterocycles. The Morgan fingerprint density at radius 3 is 2.33 bits per heavy atom. The van der Waals surface area contributed by atoms with E-state index in [1.54, 1.807) is 6.92 Å². The summed E-state index contributed by atoms with van der Waals surface area (Å²) in [6.45, 7) is 9.09. The highest BCUT2D eigenvalue weighted by Gasteiger charge is 2.24. The number of nitrogens with one attached hydrogen (secondary N) is 1. The molecule has 1 aromatic heterocycles. The molecule has 43 heavy (non-hydrogen) atoms. The van der Waals surface area contributed by atoms with Gasteiger partial charge in [-0.1, -0.05) is 95.3 Å². The van der Waals surface area contributed by atoms with Crippen molar-refractivity contribution in [2.75, 3.05) is 13.2 Å². The fourth-order valence-corrected chi connectivity index (χ4v) is 6.23. The molecule has 6 nitrogen and oxygen atoms in total. The molecule has 0 bridgehead atoms. The molecule has 6 heteroatoms. The van der Waals surface area contributed by atoms with Crippen LogP contribution in [0.2, 0.25) is 0 Å². The lowest BCUT2D eigenvalue weighted by molar-refractivity contribution is -0.142. The summed E-state index contributed by atoms with van der Waals surface area (Å²) in [5.41, 5.74) is 6.71. The number of benzene rings is 3. The van der Waals surface area contributed by atoms with Crippen molar-refractivity contribution in [1.82, 2.24) is 15.1 Å². The maximum atomic E-state index is 12.7. The van der Waals surface area contributed by atoms with Gasteiger partial charge in [-0.3, -0.25) is 14.3 Å². The maximum absolute atomic E-state index is 12.7. The molecule has 1 amide bonds.